The lowest BCUT2D eigenvalue weighted by Crippen LogP contribution is -2.37. The van der Waals surface area contributed by atoms with Crippen LogP contribution in [-0.2, 0) is 15.1 Å². The molecule has 0 amide bonds. The highest BCUT2D eigenvalue weighted by molar-refractivity contribution is 6.34. The number of rotatable bonds is 10. The van der Waals surface area contributed by atoms with E-state index in [-0.39, 0.29) is 12.1 Å². The lowest BCUT2D eigenvalue weighted by atomic mass is 9.74. The van der Waals surface area contributed by atoms with Crippen LogP contribution in [0.1, 0.15) is 30.5 Å². The van der Waals surface area contributed by atoms with Gasteiger partial charge in [0.25, 0.3) is 0 Å². The molecule has 6 heteroatoms. The molecule has 1 heterocycles. The Balaban J connectivity index is 1.79. The molecule has 1 N–H and O–H groups in total. The second kappa shape index (κ2) is 11.3. The fourth-order valence-electron chi connectivity index (χ4n) is 5.06. The number of hydrogen-bond acceptors (Lipinski definition) is 5. The maximum absolute atomic E-state index is 7.04. The van der Waals surface area contributed by atoms with Crippen LogP contribution in [0.2, 0.25) is 0 Å². The zero-order valence-corrected chi connectivity index (χ0v) is 21.4. The molecule has 3 aromatic carbocycles. The molecule has 35 heavy (non-hydrogen) atoms. The number of nitrogens with one attached hydrogen (secondary N) is 1. The molecule has 4 rings (SSSR count). The van der Waals surface area contributed by atoms with Crippen LogP contribution < -0.4 is 14.7 Å². The van der Waals surface area contributed by atoms with Gasteiger partial charge in [0, 0.05) is 6.00 Å². The van der Waals surface area contributed by atoms with Crippen molar-refractivity contribution in [2.75, 3.05) is 27.9 Å². The molecule has 1 unspecified atom stereocenters. The first-order valence-corrected chi connectivity index (χ1v) is 12.3. The van der Waals surface area contributed by atoms with Crippen molar-refractivity contribution in [1.82, 2.24) is 5.23 Å². The van der Waals surface area contributed by atoms with Crippen LogP contribution in [0.4, 0.5) is 0 Å². The third-order valence-corrected chi connectivity index (χ3v) is 7.39. The average Bonchev–Trinajstić information content (AvgIpc) is 3.18. The van der Waals surface area contributed by atoms with Gasteiger partial charge in [-0.15, -0.1) is 0 Å². The number of benzene rings is 3. The topological polar surface area (TPSA) is 49.0 Å². The Labute approximate surface area is 210 Å². The Bertz CT molecular complexity index is 1010. The smallest absolute Gasteiger partial charge is 0.234 e. The minimum absolute atomic E-state index is 0.00272. The third kappa shape index (κ3) is 5.11. The minimum Gasteiger partial charge on any atom is -0.497 e. The van der Waals surface area contributed by atoms with Gasteiger partial charge in [-0.3, -0.25) is 0 Å². The number of methoxy groups -OCH3 is 2. The summed E-state index contributed by atoms with van der Waals surface area (Å²) in [4.78, 5) is 0. The van der Waals surface area contributed by atoms with E-state index < -0.39 is 5.60 Å². The predicted octanol–water partition coefficient (Wildman–Crippen LogP) is 4.58. The number of ether oxygens (including phenoxy) is 4. The van der Waals surface area contributed by atoms with E-state index in [9.17, 15) is 0 Å². The van der Waals surface area contributed by atoms with E-state index in [0.717, 1.165) is 35.6 Å². The lowest BCUT2D eigenvalue weighted by molar-refractivity contribution is -0.0593. The minimum atomic E-state index is -0.826. The first-order chi connectivity index (χ1) is 17.0. The zero-order chi connectivity index (χ0) is 24.8. The van der Waals surface area contributed by atoms with Crippen molar-refractivity contribution in [3.8, 4) is 11.5 Å². The Morgan fingerprint density at radius 1 is 0.771 bits per heavy atom. The Morgan fingerprint density at radius 2 is 1.29 bits per heavy atom. The zero-order valence-electron chi connectivity index (χ0n) is 21.4. The molecule has 184 valence electrons. The summed E-state index contributed by atoms with van der Waals surface area (Å²) in [6.07, 6.45) is 0.00272. The molecular formula is C29H36BNO4. The molecule has 4 atom stereocenters. The van der Waals surface area contributed by atoms with Crippen LogP contribution in [-0.4, -0.2) is 47.4 Å². The molecule has 1 fully saturated rings. The summed E-state index contributed by atoms with van der Waals surface area (Å²) in [5.41, 5.74) is 2.29. The molecule has 3 aromatic rings. The van der Waals surface area contributed by atoms with Gasteiger partial charge in [-0.25, -0.2) is 0 Å². The Kier molecular flexibility index (Phi) is 8.17. The predicted molar refractivity (Wildman–Crippen MR) is 141 cm³/mol. The quantitative estimate of drug-likeness (QED) is 0.345. The van der Waals surface area contributed by atoms with E-state index in [0.29, 0.717) is 18.4 Å². The summed E-state index contributed by atoms with van der Waals surface area (Å²) in [5, 5.41) is 3.26. The van der Waals surface area contributed by atoms with Crippen molar-refractivity contribution in [2.24, 2.45) is 11.8 Å². The monoisotopic (exact) mass is 473 g/mol. The molecule has 1 saturated heterocycles. The molecule has 0 aromatic heterocycles. The third-order valence-electron chi connectivity index (χ3n) is 7.39. The fourth-order valence-corrected chi connectivity index (χ4v) is 5.06. The van der Waals surface area contributed by atoms with Crippen molar-refractivity contribution in [3.05, 3.63) is 95.6 Å². The van der Waals surface area contributed by atoms with Crippen molar-refractivity contribution in [3.63, 3.8) is 0 Å². The van der Waals surface area contributed by atoms with Gasteiger partial charge in [0.05, 0.1) is 26.9 Å². The van der Waals surface area contributed by atoms with Gasteiger partial charge in [0.1, 0.15) is 17.1 Å². The van der Waals surface area contributed by atoms with E-state index in [1.807, 2.05) is 37.4 Å². The van der Waals surface area contributed by atoms with Gasteiger partial charge >= 0.3 is 0 Å². The van der Waals surface area contributed by atoms with Crippen molar-refractivity contribution in [1.29, 1.82) is 0 Å². The molecular weight excluding hydrogens is 437 g/mol. The second-order valence-electron chi connectivity index (χ2n) is 9.30. The molecule has 0 spiro atoms. The molecule has 5 nitrogen and oxygen atoms in total. The highest BCUT2D eigenvalue weighted by Gasteiger charge is 2.43. The summed E-state index contributed by atoms with van der Waals surface area (Å²) in [6, 6.07) is 26.9. The average molecular weight is 473 g/mol. The maximum atomic E-state index is 7.04. The number of hydrogen-bond donors (Lipinski definition) is 1. The molecule has 0 radical (unpaired) electrons. The van der Waals surface area contributed by atoms with Gasteiger partial charge in [0.15, 0.2) is 0 Å². The highest BCUT2D eigenvalue weighted by Crippen LogP contribution is 2.43. The Hall–Kier alpha value is -2.80. The molecule has 0 bridgehead atoms. The molecule has 1 aliphatic heterocycles. The van der Waals surface area contributed by atoms with Gasteiger partial charge in [-0.2, -0.15) is 0 Å². The van der Waals surface area contributed by atoms with Crippen LogP contribution in [0.25, 0.3) is 0 Å². The maximum Gasteiger partial charge on any atom is 0.234 e. The van der Waals surface area contributed by atoms with E-state index in [4.69, 9.17) is 18.9 Å². The summed E-state index contributed by atoms with van der Waals surface area (Å²) in [7, 11) is 6.17. The molecule has 0 saturated carbocycles. The van der Waals surface area contributed by atoms with E-state index in [2.05, 4.69) is 67.6 Å². The fraction of sp³-hybridized carbons (Fsp3) is 0.379. The summed E-state index contributed by atoms with van der Waals surface area (Å²) in [6.45, 7) is 5.00. The van der Waals surface area contributed by atoms with Gasteiger partial charge in [-0.05, 0) is 59.8 Å². The first kappa shape index (κ1) is 25.3. The van der Waals surface area contributed by atoms with Crippen LogP contribution in [0.15, 0.2) is 78.9 Å². The molecule has 1 aliphatic rings. The lowest BCUT2D eigenvalue weighted by Gasteiger charge is -2.37. The van der Waals surface area contributed by atoms with Crippen LogP contribution in [0.5, 0.6) is 11.5 Å². The van der Waals surface area contributed by atoms with Gasteiger partial charge in [0.2, 0.25) is 7.41 Å². The van der Waals surface area contributed by atoms with Crippen LogP contribution in [0, 0.1) is 11.8 Å². The van der Waals surface area contributed by atoms with Crippen LogP contribution in [0.3, 0.4) is 0 Å². The first-order valence-electron chi connectivity index (χ1n) is 12.3. The summed E-state index contributed by atoms with van der Waals surface area (Å²) >= 11 is 0. The highest BCUT2D eigenvalue weighted by atomic mass is 16.6. The standard InChI is InChI=1S/C29H36BNO4/c1-20-21(2)28(30-31-3)35-27(20)19-34-29(22-9-7-6-8-10-22,23-11-15-25(32-4)16-12-23)24-13-17-26(33-5)18-14-24/h6-18,20-21,27-28,30-31H,19H2,1-5H3/t20?,21-,27+,28+/m0/s1. The largest absolute Gasteiger partial charge is 0.497 e. The van der Waals surface area contributed by atoms with Crippen molar-refractivity contribution < 1.29 is 18.9 Å². The Morgan fingerprint density at radius 3 is 1.77 bits per heavy atom. The van der Waals surface area contributed by atoms with Crippen molar-refractivity contribution in [2.45, 2.75) is 31.6 Å². The SMILES string of the molecule is CNB[C@@H]1O[C@H](COC(c2ccccc2)(c2ccc(OC)cc2)c2ccc(OC)cc2)C(C)[C@@H]1C. The van der Waals surface area contributed by atoms with Crippen molar-refractivity contribution >= 4 is 7.41 Å². The van der Waals surface area contributed by atoms with E-state index in [1.165, 1.54) is 0 Å². The van der Waals surface area contributed by atoms with Gasteiger partial charge < -0.3 is 24.2 Å². The van der Waals surface area contributed by atoms with E-state index in [1.54, 1.807) is 14.2 Å². The van der Waals surface area contributed by atoms with Gasteiger partial charge in [-0.1, -0.05) is 68.4 Å². The molecule has 0 aliphatic carbocycles. The van der Waals surface area contributed by atoms with E-state index >= 15 is 0 Å². The second-order valence-corrected chi connectivity index (χ2v) is 9.30. The normalized spacial score (nSPS) is 22.1. The summed E-state index contributed by atoms with van der Waals surface area (Å²) in [5.74, 6) is 2.45. The van der Waals surface area contributed by atoms with Crippen LogP contribution >= 0.6 is 0 Å². The summed E-state index contributed by atoms with van der Waals surface area (Å²) < 4.78 is 24.4.